The molecule has 0 amide bonds. The predicted octanol–water partition coefficient (Wildman–Crippen LogP) is 16.5. The van der Waals surface area contributed by atoms with Crippen molar-refractivity contribution < 1.29 is 8.83 Å². The standard InChI is InChI=1S/C63H37N5O2/c1-4-18-38(19-5-1)55-56(39-20-6-2-7-21-39)59-58(46-27-11-14-28-49(46)67(59)42-22-8-3-9-23-42)60-57(55)45-26-10-15-29-50(45)68(60)63-65-61(40-32-34-53-47(36-40)43-24-12-16-30-51(43)69-53)64-62(66-63)41-33-35-54-48(37-41)44-25-13-17-31-52(44)70-54/h1-37H. The van der Waals surface area contributed by atoms with Gasteiger partial charge in [-0.3, -0.25) is 4.57 Å². The Morgan fingerprint density at radius 1 is 0.300 bits per heavy atom. The van der Waals surface area contributed by atoms with Crippen molar-refractivity contribution in [3.05, 3.63) is 224 Å². The summed E-state index contributed by atoms with van der Waals surface area (Å²) in [6.07, 6.45) is 0. The summed E-state index contributed by atoms with van der Waals surface area (Å²) in [5.41, 5.74) is 14.7. The van der Waals surface area contributed by atoms with Crippen molar-refractivity contribution >= 4 is 87.5 Å². The Bertz CT molecular complexity index is 4450. The summed E-state index contributed by atoms with van der Waals surface area (Å²) < 4.78 is 17.4. The Morgan fingerprint density at radius 3 is 1.31 bits per heavy atom. The van der Waals surface area contributed by atoms with E-state index in [2.05, 4.69) is 185 Å². The molecule has 0 atom stereocenters. The van der Waals surface area contributed by atoms with Crippen molar-refractivity contribution in [3.63, 3.8) is 0 Å². The van der Waals surface area contributed by atoms with E-state index >= 15 is 0 Å². The molecule has 0 spiro atoms. The molecule has 0 aliphatic heterocycles. The van der Waals surface area contributed by atoms with Gasteiger partial charge in [0, 0.05) is 71.0 Å². The van der Waals surface area contributed by atoms with Gasteiger partial charge in [-0.05, 0) is 83.9 Å². The number of hydrogen-bond donors (Lipinski definition) is 0. The van der Waals surface area contributed by atoms with Gasteiger partial charge in [0.25, 0.3) is 0 Å². The summed E-state index contributed by atoms with van der Waals surface area (Å²) in [5.74, 6) is 1.59. The van der Waals surface area contributed by atoms with Gasteiger partial charge < -0.3 is 13.4 Å². The Balaban J connectivity index is 1.13. The molecule has 5 heterocycles. The summed E-state index contributed by atoms with van der Waals surface area (Å²) >= 11 is 0. The van der Waals surface area contributed by atoms with Crippen LogP contribution in [0.15, 0.2) is 233 Å². The molecule has 10 aromatic carbocycles. The Kier molecular flexibility index (Phi) is 8.23. The molecular formula is C63H37N5O2. The lowest BCUT2D eigenvalue weighted by Gasteiger charge is -2.19. The van der Waals surface area contributed by atoms with Gasteiger partial charge in [0.2, 0.25) is 5.95 Å². The van der Waals surface area contributed by atoms with Gasteiger partial charge in [0.1, 0.15) is 22.3 Å². The summed E-state index contributed by atoms with van der Waals surface area (Å²) in [6, 6.07) is 78.6. The first-order valence-corrected chi connectivity index (χ1v) is 23.5. The topological polar surface area (TPSA) is 74.8 Å². The van der Waals surface area contributed by atoms with E-state index in [9.17, 15) is 0 Å². The number of rotatable bonds is 6. The Labute approximate surface area is 399 Å². The van der Waals surface area contributed by atoms with Gasteiger partial charge in [-0.15, -0.1) is 0 Å². The summed E-state index contributed by atoms with van der Waals surface area (Å²) in [5, 5.41) is 8.49. The zero-order valence-electron chi connectivity index (χ0n) is 37.4. The fourth-order valence-electron chi connectivity index (χ4n) is 11.0. The molecule has 0 aliphatic carbocycles. The molecule has 0 unspecified atom stereocenters. The van der Waals surface area contributed by atoms with Crippen molar-refractivity contribution in [1.29, 1.82) is 0 Å². The normalized spacial score (nSPS) is 12.0. The van der Waals surface area contributed by atoms with Crippen molar-refractivity contribution in [1.82, 2.24) is 24.1 Å². The van der Waals surface area contributed by atoms with Crippen LogP contribution in [0.5, 0.6) is 0 Å². The smallest absolute Gasteiger partial charge is 0.238 e. The number of para-hydroxylation sites is 5. The molecule has 7 heteroatoms. The third-order valence-electron chi connectivity index (χ3n) is 14.0. The van der Waals surface area contributed by atoms with Crippen molar-refractivity contribution in [2.45, 2.75) is 0 Å². The quantitative estimate of drug-likeness (QED) is 0.166. The van der Waals surface area contributed by atoms with E-state index in [4.69, 9.17) is 23.8 Å². The lowest BCUT2D eigenvalue weighted by atomic mass is 9.88. The highest BCUT2D eigenvalue weighted by Crippen LogP contribution is 2.52. The van der Waals surface area contributed by atoms with E-state index in [1.807, 2.05) is 48.5 Å². The van der Waals surface area contributed by atoms with Crippen LogP contribution in [0, 0.1) is 0 Å². The lowest BCUT2D eigenvalue weighted by molar-refractivity contribution is 0.668. The van der Waals surface area contributed by atoms with Gasteiger partial charge in [0.15, 0.2) is 11.6 Å². The van der Waals surface area contributed by atoms with E-state index < -0.39 is 0 Å². The molecule has 70 heavy (non-hydrogen) atoms. The fourth-order valence-corrected chi connectivity index (χ4v) is 11.0. The minimum atomic E-state index is 0.504. The van der Waals surface area contributed by atoms with Crippen LogP contribution in [0.4, 0.5) is 0 Å². The van der Waals surface area contributed by atoms with Gasteiger partial charge in [-0.25, -0.2) is 4.98 Å². The molecule has 0 aliphatic rings. The van der Waals surface area contributed by atoms with Crippen LogP contribution in [-0.2, 0) is 0 Å². The highest BCUT2D eigenvalue weighted by molar-refractivity contribution is 6.34. The van der Waals surface area contributed by atoms with Crippen LogP contribution in [0.2, 0.25) is 0 Å². The van der Waals surface area contributed by atoms with Crippen LogP contribution >= 0.6 is 0 Å². The second-order valence-electron chi connectivity index (χ2n) is 17.9. The lowest BCUT2D eigenvalue weighted by Crippen LogP contribution is -2.07. The van der Waals surface area contributed by atoms with Crippen molar-refractivity contribution in [2.75, 3.05) is 0 Å². The minimum Gasteiger partial charge on any atom is -0.456 e. The van der Waals surface area contributed by atoms with E-state index in [1.165, 1.54) is 0 Å². The first kappa shape index (κ1) is 38.5. The van der Waals surface area contributed by atoms with Crippen LogP contribution in [0.3, 0.4) is 0 Å². The van der Waals surface area contributed by atoms with Crippen LogP contribution in [0.1, 0.15) is 0 Å². The molecule has 0 N–H and O–H groups in total. The number of benzene rings is 10. The number of aromatic nitrogens is 5. The maximum atomic E-state index is 6.31. The monoisotopic (exact) mass is 895 g/mol. The molecule has 7 nitrogen and oxygen atoms in total. The van der Waals surface area contributed by atoms with Crippen molar-refractivity contribution in [3.8, 4) is 56.7 Å². The highest BCUT2D eigenvalue weighted by Gasteiger charge is 2.30. The molecule has 0 radical (unpaired) electrons. The molecule has 15 rings (SSSR count). The molecular weight excluding hydrogens is 859 g/mol. The van der Waals surface area contributed by atoms with E-state index in [0.717, 1.165) is 127 Å². The molecule has 15 aromatic rings. The highest BCUT2D eigenvalue weighted by atomic mass is 16.3. The summed E-state index contributed by atoms with van der Waals surface area (Å²) in [7, 11) is 0. The SMILES string of the molecule is c1ccc(-c2c(-c3ccccc3)c3c(c4ccccc4n3-c3ccccc3)c3c2c2ccccc2n3-c2nc(-c3ccc4oc5ccccc5c4c3)nc(-c3ccc4oc5ccccc5c4c3)n2)cc1. The van der Waals surface area contributed by atoms with Gasteiger partial charge in [-0.2, -0.15) is 9.97 Å². The minimum absolute atomic E-state index is 0.504. The third-order valence-corrected chi connectivity index (χ3v) is 14.0. The summed E-state index contributed by atoms with van der Waals surface area (Å²) in [6.45, 7) is 0. The number of fused-ring (bicyclic) bond motifs is 13. The fraction of sp³-hybridized carbons (Fsp3) is 0. The maximum absolute atomic E-state index is 6.31. The predicted molar refractivity (Wildman–Crippen MR) is 285 cm³/mol. The zero-order chi connectivity index (χ0) is 45.9. The number of nitrogens with zero attached hydrogens (tertiary/aromatic N) is 5. The second kappa shape index (κ2) is 15.0. The molecule has 0 saturated heterocycles. The third kappa shape index (κ3) is 5.66. The Morgan fingerprint density at radius 2 is 0.743 bits per heavy atom. The molecule has 326 valence electrons. The average molecular weight is 896 g/mol. The number of furan rings is 2. The van der Waals surface area contributed by atoms with E-state index in [-0.39, 0.29) is 0 Å². The van der Waals surface area contributed by atoms with Crippen LogP contribution in [-0.4, -0.2) is 24.1 Å². The largest absolute Gasteiger partial charge is 0.456 e. The first-order chi connectivity index (χ1) is 34.7. The second-order valence-corrected chi connectivity index (χ2v) is 17.9. The first-order valence-electron chi connectivity index (χ1n) is 23.5. The molecule has 0 bridgehead atoms. The summed E-state index contributed by atoms with van der Waals surface area (Å²) in [4.78, 5) is 16.5. The van der Waals surface area contributed by atoms with Crippen molar-refractivity contribution in [2.24, 2.45) is 0 Å². The average Bonchev–Trinajstić information content (AvgIpc) is 4.19. The van der Waals surface area contributed by atoms with Gasteiger partial charge in [-0.1, -0.05) is 152 Å². The maximum Gasteiger partial charge on any atom is 0.238 e. The molecule has 0 fully saturated rings. The molecule has 0 saturated carbocycles. The number of hydrogen-bond acceptors (Lipinski definition) is 5. The van der Waals surface area contributed by atoms with Gasteiger partial charge in [0.05, 0.1) is 22.1 Å². The van der Waals surface area contributed by atoms with E-state index in [1.54, 1.807) is 0 Å². The Hall–Kier alpha value is -9.59. The zero-order valence-corrected chi connectivity index (χ0v) is 37.4. The van der Waals surface area contributed by atoms with Crippen LogP contribution < -0.4 is 0 Å². The van der Waals surface area contributed by atoms with Gasteiger partial charge >= 0.3 is 0 Å². The molecule has 5 aromatic heterocycles. The van der Waals surface area contributed by atoms with Crippen LogP contribution in [0.25, 0.3) is 144 Å². The van der Waals surface area contributed by atoms with E-state index in [0.29, 0.717) is 17.6 Å².